The predicted octanol–water partition coefficient (Wildman–Crippen LogP) is 3.23. The number of nitrogens with one attached hydrogen (secondary N) is 1. The summed E-state index contributed by atoms with van der Waals surface area (Å²) in [5.41, 5.74) is 4.85. The molecule has 0 saturated carbocycles. The first kappa shape index (κ1) is 18.7. The maximum atomic E-state index is 12.7. The molecule has 1 aromatic heterocycles. The topological polar surface area (TPSA) is 92.3 Å². The summed E-state index contributed by atoms with van der Waals surface area (Å²) in [4.78, 5) is 47.2. The van der Waals surface area contributed by atoms with Crippen LogP contribution in [0.5, 0.6) is 0 Å². The van der Waals surface area contributed by atoms with Gasteiger partial charge in [-0.05, 0) is 49.2 Å². The number of amides is 3. The summed E-state index contributed by atoms with van der Waals surface area (Å²) in [6.07, 6.45) is 1.59. The first-order chi connectivity index (χ1) is 13.9. The molecule has 4 rings (SSSR count). The second kappa shape index (κ2) is 7.09. The quantitative estimate of drug-likeness (QED) is 0.693. The third-order valence-electron chi connectivity index (χ3n) is 5.10. The Kier molecular flexibility index (Phi) is 4.58. The summed E-state index contributed by atoms with van der Waals surface area (Å²) in [6, 6.07) is 9.90. The first-order valence-electron chi connectivity index (χ1n) is 9.50. The highest BCUT2D eigenvalue weighted by Gasteiger charge is 2.32. The number of aryl methyl sites for hydroxylation is 2. The number of hydrogen-bond donors (Lipinski definition) is 1. The van der Waals surface area contributed by atoms with Crippen LogP contribution in [0.3, 0.4) is 0 Å². The number of rotatable bonds is 4. The van der Waals surface area contributed by atoms with E-state index < -0.39 is 0 Å². The van der Waals surface area contributed by atoms with Gasteiger partial charge >= 0.3 is 0 Å². The van der Waals surface area contributed by atoms with E-state index in [2.05, 4.69) is 15.3 Å². The highest BCUT2D eigenvalue weighted by molar-refractivity contribution is 6.21. The molecule has 1 aliphatic rings. The summed E-state index contributed by atoms with van der Waals surface area (Å²) in [7, 11) is 1.44. The second-order valence-electron chi connectivity index (χ2n) is 6.91. The molecular formula is C22H20N4O3. The number of fused-ring (bicyclic) bond motifs is 2. The molecular weight excluding hydrogens is 368 g/mol. The fraction of sp³-hybridized carbons (Fsp3) is 0.227. The van der Waals surface area contributed by atoms with Crippen molar-refractivity contribution < 1.29 is 14.4 Å². The number of carbonyl (C=O) groups excluding carboxylic acids is 3. The van der Waals surface area contributed by atoms with Crippen molar-refractivity contribution in [3.63, 3.8) is 0 Å². The van der Waals surface area contributed by atoms with E-state index in [1.54, 1.807) is 30.3 Å². The normalized spacial score (nSPS) is 13.1. The van der Waals surface area contributed by atoms with Crippen molar-refractivity contribution in [3.05, 3.63) is 64.5 Å². The molecule has 3 amide bonds. The molecule has 0 bridgehead atoms. The number of hydrogen-bond acceptors (Lipinski definition) is 5. The molecule has 7 nitrogen and oxygen atoms in total. The number of carbonyl (C=O) groups is 3. The maximum absolute atomic E-state index is 12.7. The zero-order valence-corrected chi connectivity index (χ0v) is 16.4. The largest absolute Gasteiger partial charge is 0.322 e. The van der Waals surface area contributed by atoms with Crippen molar-refractivity contribution >= 4 is 34.4 Å². The molecule has 29 heavy (non-hydrogen) atoms. The number of benzene rings is 2. The summed E-state index contributed by atoms with van der Waals surface area (Å²) < 4.78 is 0. The van der Waals surface area contributed by atoms with Gasteiger partial charge in [0.2, 0.25) is 0 Å². The Hall–Kier alpha value is -3.61. The molecule has 0 fully saturated rings. The van der Waals surface area contributed by atoms with E-state index in [4.69, 9.17) is 0 Å². The molecule has 2 aromatic carbocycles. The smallest absolute Gasteiger partial charge is 0.261 e. The minimum absolute atomic E-state index is 0.291. The molecule has 0 spiro atoms. The fourth-order valence-corrected chi connectivity index (χ4v) is 3.48. The van der Waals surface area contributed by atoms with Gasteiger partial charge in [-0.25, -0.2) is 9.97 Å². The molecule has 0 saturated heterocycles. The van der Waals surface area contributed by atoms with Crippen LogP contribution in [0.25, 0.3) is 11.0 Å². The average Bonchev–Trinajstić information content (AvgIpc) is 2.95. The van der Waals surface area contributed by atoms with Gasteiger partial charge in [-0.3, -0.25) is 19.3 Å². The van der Waals surface area contributed by atoms with Crippen LogP contribution in [0.2, 0.25) is 0 Å². The van der Waals surface area contributed by atoms with Crippen molar-refractivity contribution in [1.82, 2.24) is 14.9 Å². The standard InChI is InChI=1S/C22H20N4O3/c1-4-16-17(5-2)25-19-10-12(6-9-18(19)24-16)20(27)23-13-7-8-14-15(11-13)22(29)26(3)21(14)28/h6-11H,4-5H2,1-3H3,(H,23,27). The Morgan fingerprint density at radius 3 is 2.24 bits per heavy atom. The zero-order chi connectivity index (χ0) is 20.7. The Bertz CT molecular complexity index is 1190. The third-order valence-corrected chi connectivity index (χ3v) is 5.10. The van der Waals surface area contributed by atoms with Gasteiger partial charge in [0.1, 0.15) is 0 Å². The van der Waals surface area contributed by atoms with E-state index in [0.717, 1.165) is 34.6 Å². The third kappa shape index (κ3) is 3.14. The van der Waals surface area contributed by atoms with E-state index in [9.17, 15) is 14.4 Å². The van der Waals surface area contributed by atoms with Crippen LogP contribution in [0, 0.1) is 0 Å². The molecule has 146 valence electrons. The van der Waals surface area contributed by atoms with Gasteiger partial charge < -0.3 is 5.32 Å². The van der Waals surface area contributed by atoms with Crippen molar-refractivity contribution in [1.29, 1.82) is 0 Å². The number of imide groups is 1. The maximum Gasteiger partial charge on any atom is 0.261 e. The summed E-state index contributed by atoms with van der Waals surface area (Å²) in [6.45, 7) is 4.08. The van der Waals surface area contributed by atoms with E-state index in [0.29, 0.717) is 27.9 Å². The minimum atomic E-state index is -0.374. The number of anilines is 1. The lowest BCUT2D eigenvalue weighted by Crippen LogP contribution is -2.24. The fourth-order valence-electron chi connectivity index (χ4n) is 3.48. The van der Waals surface area contributed by atoms with Gasteiger partial charge in [-0.15, -0.1) is 0 Å². The second-order valence-corrected chi connectivity index (χ2v) is 6.91. The lowest BCUT2D eigenvalue weighted by Gasteiger charge is -2.09. The van der Waals surface area contributed by atoms with E-state index in [1.807, 2.05) is 13.8 Å². The number of nitrogens with zero attached hydrogens (tertiary/aromatic N) is 3. The highest BCUT2D eigenvalue weighted by atomic mass is 16.2. The summed E-state index contributed by atoms with van der Waals surface area (Å²) >= 11 is 0. The Morgan fingerprint density at radius 2 is 1.55 bits per heavy atom. The minimum Gasteiger partial charge on any atom is -0.322 e. The SMILES string of the molecule is CCc1nc2ccc(C(=O)Nc3ccc4c(c3)C(=O)N(C)C4=O)cc2nc1CC. The van der Waals surface area contributed by atoms with E-state index in [-0.39, 0.29) is 17.7 Å². The van der Waals surface area contributed by atoms with E-state index >= 15 is 0 Å². The van der Waals surface area contributed by atoms with Crippen molar-refractivity contribution in [2.24, 2.45) is 0 Å². The van der Waals surface area contributed by atoms with Crippen LogP contribution >= 0.6 is 0 Å². The molecule has 2 heterocycles. The zero-order valence-electron chi connectivity index (χ0n) is 16.4. The molecule has 3 aromatic rings. The lowest BCUT2D eigenvalue weighted by molar-refractivity contribution is 0.0692. The highest BCUT2D eigenvalue weighted by Crippen LogP contribution is 2.25. The van der Waals surface area contributed by atoms with Crippen LogP contribution in [-0.4, -0.2) is 39.6 Å². The van der Waals surface area contributed by atoms with Crippen LogP contribution in [0.15, 0.2) is 36.4 Å². The van der Waals surface area contributed by atoms with Crippen molar-refractivity contribution in [2.45, 2.75) is 26.7 Å². The van der Waals surface area contributed by atoms with Crippen LogP contribution in [0.1, 0.15) is 56.3 Å². The van der Waals surface area contributed by atoms with Crippen LogP contribution in [0.4, 0.5) is 5.69 Å². The number of aromatic nitrogens is 2. The molecule has 1 N–H and O–H groups in total. The predicted molar refractivity (Wildman–Crippen MR) is 109 cm³/mol. The Morgan fingerprint density at radius 1 is 0.897 bits per heavy atom. The average molecular weight is 388 g/mol. The Labute approximate surface area is 167 Å². The molecule has 0 atom stereocenters. The van der Waals surface area contributed by atoms with Gasteiger partial charge in [-0.1, -0.05) is 13.8 Å². The van der Waals surface area contributed by atoms with Gasteiger partial charge in [0.05, 0.1) is 33.5 Å². The van der Waals surface area contributed by atoms with Crippen molar-refractivity contribution in [3.8, 4) is 0 Å². The first-order valence-corrected chi connectivity index (χ1v) is 9.50. The van der Waals surface area contributed by atoms with Crippen LogP contribution in [-0.2, 0) is 12.8 Å². The summed E-state index contributed by atoms with van der Waals surface area (Å²) in [5.74, 6) is -1.04. The van der Waals surface area contributed by atoms with Gasteiger partial charge in [0.25, 0.3) is 17.7 Å². The molecule has 0 aliphatic carbocycles. The lowest BCUT2D eigenvalue weighted by atomic mass is 10.1. The molecule has 7 heteroatoms. The molecule has 0 unspecified atom stereocenters. The van der Waals surface area contributed by atoms with Crippen molar-refractivity contribution in [2.75, 3.05) is 12.4 Å². The molecule has 1 aliphatic heterocycles. The Balaban J connectivity index is 1.63. The monoisotopic (exact) mass is 388 g/mol. The van der Waals surface area contributed by atoms with Gasteiger partial charge in [-0.2, -0.15) is 0 Å². The van der Waals surface area contributed by atoms with Crippen LogP contribution < -0.4 is 5.32 Å². The van der Waals surface area contributed by atoms with E-state index in [1.165, 1.54) is 13.1 Å². The van der Waals surface area contributed by atoms with Gasteiger partial charge in [0.15, 0.2) is 0 Å². The molecule has 0 radical (unpaired) electrons. The summed E-state index contributed by atoms with van der Waals surface area (Å²) in [5, 5.41) is 2.78. The van der Waals surface area contributed by atoms with Gasteiger partial charge in [0, 0.05) is 18.3 Å².